The summed E-state index contributed by atoms with van der Waals surface area (Å²) in [6.45, 7) is 1.90. The van der Waals surface area contributed by atoms with Crippen LogP contribution in [0.25, 0.3) is 11.0 Å². The maximum Gasteiger partial charge on any atom is 0.272 e. The van der Waals surface area contributed by atoms with Gasteiger partial charge in [-0.1, -0.05) is 0 Å². The van der Waals surface area contributed by atoms with E-state index in [1.807, 2.05) is 31.2 Å². The van der Waals surface area contributed by atoms with Crippen molar-refractivity contribution in [2.24, 2.45) is 10.7 Å². The summed E-state index contributed by atoms with van der Waals surface area (Å²) in [6, 6.07) is 7.61. The molecule has 0 aliphatic carbocycles. The predicted molar refractivity (Wildman–Crippen MR) is 96.0 cm³/mol. The van der Waals surface area contributed by atoms with E-state index in [1.165, 1.54) is 16.2 Å². The van der Waals surface area contributed by atoms with Gasteiger partial charge < -0.3 is 20.4 Å². The number of fused-ring (bicyclic) bond motifs is 1. The monoisotopic (exact) mass is 343 g/mol. The fourth-order valence-electron chi connectivity index (χ4n) is 2.18. The summed E-state index contributed by atoms with van der Waals surface area (Å²) >= 11 is 1.26. The van der Waals surface area contributed by atoms with Gasteiger partial charge in [-0.15, -0.1) is 11.3 Å². The molecular formula is C16H17N5O2S. The maximum atomic E-state index is 11.8. The van der Waals surface area contributed by atoms with Gasteiger partial charge in [0.05, 0.1) is 0 Å². The lowest BCUT2D eigenvalue weighted by Gasteiger charge is -2.06. The highest BCUT2D eigenvalue weighted by Gasteiger charge is 2.12. The lowest BCUT2D eigenvalue weighted by Crippen LogP contribution is -2.22. The molecule has 0 saturated carbocycles. The number of hydrogen-bond acceptors (Lipinski definition) is 5. The van der Waals surface area contributed by atoms with Gasteiger partial charge in [-0.05, 0) is 31.2 Å². The minimum absolute atomic E-state index is 0.167. The molecule has 0 atom stereocenters. The molecule has 1 amide bonds. The second-order valence-electron chi connectivity index (χ2n) is 5.45. The van der Waals surface area contributed by atoms with Gasteiger partial charge in [-0.3, -0.25) is 4.79 Å². The van der Waals surface area contributed by atoms with E-state index in [4.69, 9.17) is 10.2 Å². The van der Waals surface area contributed by atoms with Gasteiger partial charge in [0.15, 0.2) is 0 Å². The lowest BCUT2D eigenvalue weighted by molar-refractivity contribution is 0.0823. The summed E-state index contributed by atoms with van der Waals surface area (Å²) in [7, 11) is 3.35. The molecule has 0 fully saturated rings. The van der Waals surface area contributed by atoms with Crippen LogP contribution in [0.4, 0.5) is 10.8 Å². The molecule has 8 heteroatoms. The Hall–Kier alpha value is -2.87. The zero-order valence-electron chi connectivity index (χ0n) is 13.5. The van der Waals surface area contributed by atoms with Crippen LogP contribution in [0.1, 0.15) is 16.2 Å². The molecule has 3 aromatic rings. The van der Waals surface area contributed by atoms with Crippen LogP contribution in [0.5, 0.6) is 0 Å². The van der Waals surface area contributed by atoms with E-state index in [9.17, 15) is 4.79 Å². The molecule has 0 radical (unpaired) electrons. The molecular weight excluding hydrogens is 326 g/mol. The van der Waals surface area contributed by atoms with Gasteiger partial charge in [0.1, 0.15) is 17.0 Å². The first-order valence-corrected chi connectivity index (χ1v) is 8.09. The molecule has 2 heterocycles. The largest absolute Gasteiger partial charge is 0.461 e. The van der Waals surface area contributed by atoms with E-state index in [1.54, 1.807) is 19.5 Å². The normalized spacial score (nSPS) is 11.7. The Morgan fingerprint density at radius 1 is 1.38 bits per heavy atom. The third kappa shape index (κ3) is 3.38. The molecule has 0 unspecified atom stereocenters. The van der Waals surface area contributed by atoms with Crippen LogP contribution in [0, 0.1) is 6.92 Å². The number of carbonyl (C=O) groups excluding carboxylic acids is 1. The van der Waals surface area contributed by atoms with Crippen molar-refractivity contribution in [3.8, 4) is 0 Å². The highest BCUT2D eigenvalue weighted by Crippen LogP contribution is 2.23. The molecule has 0 aliphatic rings. The minimum Gasteiger partial charge on any atom is -0.461 e. The van der Waals surface area contributed by atoms with Crippen molar-refractivity contribution in [3.05, 3.63) is 41.1 Å². The van der Waals surface area contributed by atoms with E-state index < -0.39 is 0 Å². The number of nitrogens with two attached hydrogens (primary N) is 1. The summed E-state index contributed by atoms with van der Waals surface area (Å²) in [5, 5.41) is 6.08. The van der Waals surface area contributed by atoms with Crippen molar-refractivity contribution >= 4 is 45.0 Å². The topological polar surface area (TPSA) is 96.8 Å². The van der Waals surface area contributed by atoms with Crippen LogP contribution in [0.15, 0.2) is 39.1 Å². The van der Waals surface area contributed by atoms with Crippen molar-refractivity contribution in [1.82, 2.24) is 9.88 Å². The SMILES string of the molecule is Cc1cc2cc(NC(N)=Nc3nc(C(=O)N(C)C)cs3)ccc2o1. The number of benzene rings is 1. The number of anilines is 1. The number of rotatable bonds is 3. The van der Waals surface area contributed by atoms with Crippen LogP contribution in [-0.2, 0) is 0 Å². The quantitative estimate of drug-likeness (QED) is 0.563. The van der Waals surface area contributed by atoms with E-state index in [-0.39, 0.29) is 11.9 Å². The average molecular weight is 343 g/mol. The fraction of sp³-hybridized carbons (Fsp3) is 0.188. The molecule has 0 bridgehead atoms. The second kappa shape index (κ2) is 6.32. The first kappa shape index (κ1) is 16.0. The van der Waals surface area contributed by atoms with Crippen LogP contribution < -0.4 is 11.1 Å². The van der Waals surface area contributed by atoms with Crippen LogP contribution >= 0.6 is 11.3 Å². The van der Waals surface area contributed by atoms with Gasteiger partial charge in [0, 0.05) is 30.5 Å². The number of aryl methyl sites for hydroxylation is 1. The maximum absolute atomic E-state index is 11.8. The van der Waals surface area contributed by atoms with Crippen molar-refractivity contribution in [1.29, 1.82) is 0 Å². The van der Waals surface area contributed by atoms with Crippen molar-refractivity contribution in [3.63, 3.8) is 0 Å². The Labute approximate surface area is 142 Å². The van der Waals surface area contributed by atoms with Crippen molar-refractivity contribution < 1.29 is 9.21 Å². The summed E-state index contributed by atoms with van der Waals surface area (Å²) in [4.78, 5) is 21.7. The third-order valence-electron chi connectivity index (χ3n) is 3.25. The van der Waals surface area contributed by atoms with Crippen LogP contribution in [0.3, 0.4) is 0 Å². The molecule has 1 aromatic carbocycles. The molecule has 0 aliphatic heterocycles. The molecule has 3 N–H and O–H groups in total. The van der Waals surface area contributed by atoms with Crippen molar-refractivity contribution in [2.45, 2.75) is 6.92 Å². The van der Waals surface area contributed by atoms with Gasteiger partial charge in [-0.2, -0.15) is 4.99 Å². The summed E-state index contributed by atoms with van der Waals surface area (Å²) in [6.07, 6.45) is 0. The van der Waals surface area contributed by atoms with Gasteiger partial charge >= 0.3 is 0 Å². The predicted octanol–water partition coefficient (Wildman–Crippen LogP) is 2.96. The Morgan fingerprint density at radius 2 is 2.17 bits per heavy atom. The molecule has 3 rings (SSSR count). The van der Waals surface area contributed by atoms with E-state index in [0.717, 1.165) is 22.4 Å². The summed E-state index contributed by atoms with van der Waals surface area (Å²) in [5.74, 6) is 0.887. The van der Waals surface area contributed by atoms with Gasteiger partial charge in [0.25, 0.3) is 5.91 Å². The standard InChI is InChI=1S/C16H17N5O2S/c1-9-6-10-7-11(4-5-13(10)23-9)18-15(17)20-16-19-12(8-24-16)14(22)21(2)3/h4-8H,1-3H3,(H3,17,18,19,20). The molecule has 124 valence electrons. The highest BCUT2D eigenvalue weighted by atomic mass is 32.1. The number of carbonyl (C=O) groups is 1. The summed E-state index contributed by atoms with van der Waals surface area (Å²) < 4.78 is 5.53. The zero-order chi connectivity index (χ0) is 17.3. The molecule has 0 spiro atoms. The summed E-state index contributed by atoms with van der Waals surface area (Å²) in [5.41, 5.74) is 7.89. The molecule has 24 heavy (non-hydrogen) atoms. The Bertz CT molecular complexity index is 926. The zero-order valence-corrected chi connectivity index (χ0v) is 14.3. The minimum atomic E-state index is -0.167. The van der Waals surface area contributed by atoms with Crippen molar-refractivity contribution in [2.75, 3.05) is 19.4 Å². The van der Waals surface area contributed by atoms with Crippen LogP contribution in [0.2, 0.25) is 0 Å². The van der Waals surface area contributed by atoms with E-state index >= 15 is 0 Å². The number of nitrogens with zero attached hydrogens (tertiary/aromatic N) is 3. The molecule has 2 aromatic heterocycles. The Kier molecular flexibility index (Phi) is 4.22. The second-order valence-corrected chi connectivity index (χ2v) is 6.28. The van der Waals surface area contributed by atoms with E-state index in [0.29, 0.717) is 10.8 Å². The Morgan fingerprint density at radius 3 is 2.92 bits per heavy atom. The lowest BCUT2D eigenvalue weighted by atomic mass is 10.2. The Balaban J connectivity index is 1.76. The number of aliphatic imine (C=N–C) groups is 1. The number of aromatic nitrogens is 1. The number of hydrogen-bond donors (Lipinski definition) is 2. The number of nitrogens with one attached hydrogen (secondary N) is 1. The van der Waals surface area contributed by atoms with Gasteiger partial charge in [0.2, 0.25) is 11.1 Å². The highest BCUT2D eigenvalue weighted by molar-refractivity contribution is 7.13. The molecule has 7 nitrogen and oxygen atoms in total. The fourth-order valence-corrected chi connectivity index (χ4v) is 2.85. The van der Waals surface area contributed by atoms with E-state index in [2.05, 4.69) is 15.3 Å². The van der Waals surface area contributed by atoms with Crippen LogP contribution in [-0.4, -0.2) is 35.8 Å². The number of thiazole rings is 1. The number of furan rings is 1. The number of amides is 1. The van der Waals surface area contributed by atoms with Gasteiger partial charge in [-0.25, -0.2) is 4.98 Å². The molecule has 0 saturated heterocycles. The first-order valence-electron chi connectivity index (χ1n) is 7.21. The third-order valence-corrected chi connectivity index (χ3v) is 3.98. The first-order chi connectivity index (χ1) is 11.4. The smallest absolute Gasteiger partial charge is 0.272 e. The number of guanidine groups is 1. The average Bonchev–Trinajstić information content (AvgIpc) is 3.11.